The summed E-state index contributed by atoms with van der Waals surface area (Å²) in [5.74, 6) is 2.23. The van der Waals surface area contributed by atoms with Gasteiger partial charge in [-0.05, 0) is 80.2 Å². The summed E-state index contributed by atoms with van der Waals surface area (Å²) in [4.78, 5) is 2.55. The van der Waals surface area contributed by atoms with Crippen molar-refractivity contribution in [3.05, 3.63) is 35.4 Å². The van der Waals surface area contributed by atoms with Crippen LogP contribution in [0.1, 0.15) is 36.8 Å². The van der Waals surface area contributed by atoms with E-state index in [1.54, 1.807) is 25.3 Å². The number of hydrogen-bond acceptors (Lipinski definition) is 6. The number of hydrogen-bond donors (Lipinski definition) is 1. The second-order valence-electron chi connectivity index (χ2n) is 10.3. The highest BCUT2D eigenvalue weighted by Gasteiger charge is 2.43. The Balaban J connectivity index is 1.26. The van der Waals surface area contributed by atoms with E-state index in [9.17, 15) is 13.2 Å². The second kappa shape index (κ2) is 9.93. The molecule has 1 aromatic heterocycles. The van der Waals surface area contributed by atoms with Crippen molar-refractivity contribution in [2.24, 2.45) is 17.8 Å². The van der Waals surface area contributed by atoms with Gasteiger partial charge in [-0.25, -0.2) is 0 Å². The number of ether oxygens (including phenoxy) is 2. The molecule has 5 rings (SSSR count). The monoisotopic (exact) mass is 490 g/mol. The molecule has 2 aromatic rings. The van der Waals surface area contributed by atoms with Crippen LogP contribution >= 0.6 is 0 Å². The third-order valence-corrected chi connectivity index (χ3v) is 7.83. The third kappa shape index (κ3) is 5.40. The first-order chi connectivity index (χ1) is 16.8. The van der Waals surface area contributed by atoms with Gasteiger partial charge in [0.05, 0.1) is 12.8 Å². The van der Waals surface area contributed by atoms with E-state index in [0.717, 1.165) is 70.2 Å². The highest BCUT2D eigenvalue weighted by molar-refractivity contribution is 5.66. The fourth-order valence-electron chi connectivity index (χ4n) is 6.05. The summed E-state index contributed by atoms with van der Waals surface area (Å²) in [6.07, 6.45) is -0.537. The topological polar surface area (TPSA) is 59.5 Å². The maximum absolute atomic E-state index is 14.0. The van der Waals surface area contributed by atoms with Crippen molar-refractivity contribution >= 4 is 5.82 Å². The molecule has 9 heteroatoms. The number of nitrogens with zero attached hydrogens (tertiary/aromatic N) is 3. The zero-order valence-electron chi connectivity index (χ0n) is 20.3. The summed E-state index contributed by atoms with van der Waals surface area (Å²) in [6, 6.07) is 6.30. The lowest BCUT2D eigenvalue weighted by Crippen LogP contribution is -2.32. The van der Waals surface area contributed by atoms with E-state index in [1.165, 1.54) is 0 Å². The number of halogens is 3. The normalized spacial score (nSPS) is 25.6. The molecule has 1 aromatic carbocycles. The van der Waals surface area contributed by atoms with Gasteiger partial charge in [-0.1, -0.05) is 0 Å². The highest BCUT2D eigenvalue weighted by Crippen LogP contribution is 2.42. The number of methoxy groups -OCH3 is 1. The van der Waals surface area contributed by atoms with Crippen molar-refractivity contribution in [2.45, 2.75) is 44.8 Å². The molecule has 3 aliphatic rings. The van der Waals surface area contributed by atoms with Gasteiger partial charge >= 0.3 is 6.18 Å². The number of benzene rings is 1. The van der Waals surface area contributed by atoms with Crippen LogP contribution in [0.15, 0.2) is 24.3 Å². The second-order valence-corrected chi connectivity index (χ2v) is 10.3. The lowest BCUT2D eigenvalue weighted by molar-refractivity contribution is -0.137. The minimum atomic E-state index is -4.53. The largest absolute Gasteiger partial charge is 0.497 e. The lowest BCUT2D eigenvalue weighted by atomic mass is 10.00. The molecule has 1 aliphatic carbocycles. The fraction of sp³-hybridized carbons (Fsp3) is 0.615. The number of rotatable bonds is 6. The van der Waals surface area contributed by atoms with Gasteiger partial charge in [-0.15, -0.1) is 10.2 Å². The van der Waals surface area contributed by atoms with E-state index >= 15 is 0 Å². The Morgan fingerprint density at radius 3 is 2.43 bits per heavy atom. The molecule has 6 nitrogen and oxygen atoms in total. The zero-order chi connectivity index (χ0) is 24.6. The quantitative estimate of drug-likeness (QED) is 0.613. The van der Waals surface area contributed by atoms with Crippen molar-refractivity contribution in [3.63, 3.8) is 0 Å². The number of nitrogens with one attached hydrogen (secondary N) is 1. The predicted molar refractivity (Wildman–Crippen MR) is 127 cm³/mol. The molecule has 0 bridgehead atoms. The molecule has 3 fully saturated rings. The number of likely N-dealkylation sites (tertiary alicyclic amines) is 1. The average molecular weight is 491 g/mol. The summed E-state index contributed by atoms with van der Waals surface area (Å²) in [6.45, 7) is 6.72. The van der Waals surface area contributed by atoms with Gasteiger partial charge in [0, 0.05) is 44.5 Å². The van der Waals surface area contributed by atoms with Crippen molar-refractivity contribution in [2.75, 3.05) is 45.3 Å². The van der Waals surface area contributed by atoms with E-state index in [4.69, 9.17) is 9.47 Å². The molecule has 3 heterocycles. The van der Waals surface area contributed by atoms with E-state index in [0.29, 0.717) is 29.1 Å². The standard InChI is InChI=1S/C26H33F3N4O2/c1-16-9-21(34-2)3-4-22(16)24-12-23(26(27,28)29)25(32-31-24)30-20-10-18-14-33(15-19(18)11-20)13-17-5-7-35-8-6-17/h3-4,9,12,17-20H,5-8,10-11,13-15H2,1-2H3,(H,30,32)/t18-,19+,20-. The van der Waals surface area contributed by atoms with Crippen LogP contribution in [-0.2, 0) is 10.9 Å². The number of aromatic nitrogens is 2. The Labute approximate surface area is 204 Å². The SMILES string of the molecule is COc1ccc(-c2cc(C(F)(F)F)c(N[C@@H]3C[C@@H]4CN(CC5CCOCC5)C[C@@H]4C3)nn2)c(C)c1. The van der Waals surface area contributed by atoms with E-state index < -0.39 is 11.7 Å². The van der Waals surface area contributed by atoms with E-state index in [-0.39, 0.29) is 17.6 Å². The minimum absolute atomic E-state index is 0.0146. The molecular formula is C26H33F3N4O2. The van der Waals surface area contributed by atoms with Gasteiger partial charge < -0.3 is 19.7 Å². The van der Waals surface area contributed by atoms with Gasteiger partial charge in [0.25, 0.3) is 0 Å². The molecule has 1 saturated carbocycles. The van der Waals surface area contributed by atoms with Crippen LogP contribution in [-0.4, -0.2) is 61.1 Å². The van der Waals surface area contributed by atoms with Crippen LogP contribution in [0.5, 0.6) is 5.75 Å². The van der Waals surface area contributed by atoms with Gasteiger partial charge in [0.2, 0.25) is 0 Å². The molecule has 3 atom stereocenters. The Hall–Kier alpha value is -2.39. The van der Waals surface area contributed by atoms with Crippen molar-refractivity contribution in [1.29, 1.82) is 0 Å². The molecule has 0 radical (unpaired) electrons. The van der Waals surface area contributed by atoms with Crippen LogP contribution in [0, 0.1) is 24.7 Å². The Morgan fingerprint density at radius 1 is 1.09 bits per heavy atom. The van der Waals surface area contributed by atoms with Crippen LogP contribution < -0.4 is 10.1 Å². The molecular weight excluding hydrogens is 457 g/mol. The first-order valence-corrected chi connectivity index (χ1v) is 12.5. The van der Waals surface area contributed by atoms with Gasteiger partial charge in [-0.2, -0.15) is 13.2 Å². The fourth-order valence-corrected chi connectivity index (χ4v) is 6.05. The zero-order valence-corrected chi connectivity index (χ0v) is 20.3. The Bertz CT molecular complexity index is 1030. The summed E-state index contributed by atoms with van der Waals surface area (Å²) >= 11 is 0. The summed E-state index contributed by atoms with van der Waals surface area (Å²) < 4.78 is 52.7. The third-order valence-electron chi connectivity index (χ3n) is 7.83. The van der Waals surface area contributed by atoms with Crippen molar-refractivity contribution < 1.29 is 22.6 Å². The minimum Gasteiger partial charge on any atom is -0.497 e. The summed E-state index contributed by atoms with van der Waals surface area (Å²) in [5, 5.41) is 11.3. The first kappa shape index (κ1) is 24.3. The first-order valence-electron chi connectivity index (χ1n) is 12.5. The number of anilines is 1. The van der Waals surface area contributed by atoms with Gasteiger partial charge in [0.1, 0.15) is 11.3 Å². The highest BCUT2D eigenvalue weighted by atomic mass is 19.4. The molecule has 35 heavy (non-hydrogen) atoms. The molecule has 1 N–H and O–H groups in total. The van der Waals surface area contributed by atoms with Crippen LogP contribution in [0.25, 0.3) is 11.3 Å². The van der Waals surface area contributed by atoms with E-state index in [1.807, 2.05) is 6.92 Å². The molecule has 0 unspecified atom stereocenters. The van der Waals surface area contributed by atoms with Crippen molar-refractivity contribution in [1.82, 2.24) is 15.1 Å². The number of aryl methyl sites for hydroxylation is 1. The van der Waals surface area contributed by atoms with Crippen LogP contribution in [0.2, 0.25) is 0 Å². The predicted octanol–water partition coefficient (Wildman–Crippen LogP) is 5.03. The Morgan fingerprint density at radius 2 is 1.80 bits per heavy atom. The number of fused-ring (bicyclic) bond motifs is 1. The van der Waals surface area contributed by atoms with Gasteiger partial charge in [0.15, 0.2) is 5.82 Å². The maximum Gasteiger partial charge on any atom is 0.420 e. The van der Waals surface area contributed by atoms with E-state index in [2.05, 4.69) is 20.4 Å². The van der Waals surface area contributed by atoms with Gasteiger partial charge in [-0.3, -0.25) is 0 Å². The molecule has 190 valence electrons. The van der Waals surface area contributed by atoms with Crippen LogP contribution in [0.3, 0.4) is 0 Å². The molecule has 0 amide bonds. The van der Waals surface area contributed by atoms with Crippen LogP contribution in [0.4, 0.5) is 19.0 Å². The molecule has 0 spiro atoms. The van der Waals surface area contributed by atoms with Crippen molar-refractivity contribution in [3.8, 4) is 17.0 Å². The smallest absolute Gasteiger partial charge is 0.420 e. The summed E-state index contributed by atoms with van der Waals surface area (Å²) in [7, 11) is 1.55. The average Bonchev–Trinajstić information content (AvgIpc) is 3.37. The number of alkyl halides is 3. The maximum atomic E-state index is 14.0. The Kier molecular flexibility index (Phi) is 6.90. The lowest BCUT2D eigenvalue weighted by Gasteiger charge is -2.28. The summed E-state index contributed by atoms with van der Waals surface area (Å²) in [5.41, 5.74) is 0.822. The molecule has 2 aliphatic heterocycles. The molecule has 2 saturated heterocycles.